The Kier molecular flexibility index (Phi) is 6.61. The van der Waals surface area contributed by atoms with Crippen LogP contribution in [-0.2, 0) is 40.0 Å². The Bertz CT molecular complexity index is 983. The molecule has 0 spiro atoms. The highest BCUT2D eigenvalue weighted by atomic mass is 32.2. The fourth-order valence-electron chi connectivity index (χ4n) is 2.79. The maximum atomic E-state index is 13.1. The third-order valence-corrected chi connectivity index (χ3v) is 5.75. The first kappa shape index (κ1) is 20.2. The zero-order valence-corrected chi connectivity index (χ0v) is 16.3. The average molecular weight is 407 g/mol. The zero-order valence-electron chi connectivity index (χ0n) is 15.5. The molecule has 0 unspecified atom stereocenters. The molecule has 9 heteroatoms. The molecular weight excluding hydrogens is 385 g/mol. The summed E-state index contributed by atoms with van der Waals surface area (Å²) in [6.07, 6.45) is 3.14. The second-order valence-electron chi connectivity index (χ2n) is 6.25. The third kappa shape index (κ3) is 5.06. The highest BCUT2D eigenvalue weighted by molar-refractivity contribution is 7.90. The molecule has 0 saturated carbocycles. The number of furan rings is 1. The van der Waals surface area contributed by atoms with Crippen LogP contribution in [0.1, 0.15) is 17.0 Å². The van der Waals surface area contributed by atoms with Crippen LogP contribution < -0.4 is 5.32 Å². The summed E-state index contributed by atoms with van der Waals surface area (Å²) in [6.45, 7) is 1.64. The molecule has 0 radical (unpaired) electrons. The van der Waals surface area contributed by atoms with Crippen LogP contribution in [0.15, 0.2) is 58.4 Å². The number of ether oxygens (including phenoxy) is 1. The SMILES string of the molecule is COCCn1c(CNCc2ccco2)cnc1S(=O)(=O)Cc1ccc(F)cc1. The lowest BCUT2D eigenvalue weighted by atomic mass is 10.2. The van der Waals surface area contributed by atoms with Gasteiger partial charge in [0.2, 0.25) is 15.0 Å². The van der Waals surface area contributed by atoms with E-state index in [1.165, 1.54) is 24.3 Å². The minimum absolute atomic E-state index is 0.0244. The van der Waals surface area contributed by atoms with E-state index in [0.29, 0.717) is 31.8 Å². The first-order valence-electron chi connectivity index (χ1n) is 8.73. The first-order valence-corrected chi connectivity index (χ1v) is 10.4. The maximum Gasteiger partial charge on any atom is 0.228 e. The fraction of sp³-hybridized carbons (Fsp3) is 0.316. The van der Waals surface area contributed by atoms with Crippen LogP contribution in [0.3, 0.4) is 0 Å². The van der Waals surface area contributed by atoms with E-state index in [1.807, 2.05) is 6.07 Å². The van der Waals surface area contributed by atoms with Gasteiger partial charge in [-0.2, -0.15) is 0 Å². The van der Waals surface area contributed by atoms with Crippen molar-refractivity contribution in [3.05, 3.63) is 71.7 Å². The van der Waals surface area contributed by atoms with E-state index in [4.69, 9.17) is 9.15 Å². The number of hydrogen-bond donors (Lipinski definition) is 1. The molecule has 28 heavy (non-hydrogen) atoms. The van der Waals surface area contributed by atoms with Crippen molar-refractivity contribution in [3.8, 4) is 0 Å². The van der Waals surface area contributed by atoms with Crippen LogP contribution in [0.5, 0.6) is 0 Å². The standard InChI is InChI=1S/C19H22FN3O4S/c1-26-10-8-23-17(11-21-13-18-3-2-9-27-18)12-22-19(23)28(24,25)14-15-4-6-16(20)7-5-15/h2-7,9,12,21H,8,10-11,13-14H2,1H3. The molecule has 7 nitrogen and oxygen atoms in total. The zero-order chi connectivity index (χ0) is 20.0. The highest BCUT2D eigenvalue weighted by Gasteiger charge is 2.24. The first-order chi connectivity index (χ1) is 13.5. The lowest BCUT2D eigenvalue weighted by molar-refractivity contribution is 0.183. The summed E-state index contributed by atoms with van der Waals surface area (Å²) in [6, 6.07) is 9.06. The largest absolute Gasteiger partial charge is 0.468 e. The molecule has 0 fully saturated rings. The maximum absolute atomic E-state index is 13.1. The second-order valence-corrected chi connectivity index (χ2v) is 8.13. The van der Waals surface area contributed by atoms with Gasteiger partial charge in [0.15, 0.2) is 0 Å². The Morgan fingerprint density at radius 2 is 2.00 bits per heavy atom. The molecule has 150 valence electrons. The van der Waals surface area contributed by atoms with Crippen molar-refractivity contribution in [2.45, 2.75) is 30.5 Å². The van der Waals surface area contributed by atoms with E-state index in [9.17, 15) is 12.8 Å². The van der Waals surface area contributed by atoms with E-state index in [-0.39, 0.29) is 10.9 Å². The summed E-state index contributed by atoms with van der Waals surface area (Å²) in [4.78, 5) is 4.15. The number of nitrogens with zero attached hydrogens (tertiary/aromatic N) is 2. The minimum Gasteiger partial charge on any atom is -0.468 e. The molecule has 0 saturated heterocycles. The Morgan fingerprint density at radius 1 is 1.21 bits per heavy atom. The smallest absolute Gasteiger partial charge is 0.228 e. The van der Waals surface area contributed by atoms with Crippen molar-refractivity contribution in [3.63, 3.8) is 0 Å². The molecule has 3 aromatic rings. The van der Waals surface area contributed by atoms with Crippen molar-refractivity contribution in [2.75, 3.05) is 13.7 Å². The van der Waals surface area contributed by atoms with Gasteiger partial charge in [-0.1, -0.05) is 12.1 Å². The average Bonchev–Trinajstić information content (AvgIpc) is 3.32. The number of aromatic nitrogens is 2. The van der Waals surface area contributed by atoms with E-state index in [2.05, 4.69) is 10.3 Å². The van der Waals surface area contributed by atoms with E-state index in [0.717, 1.165) is 11.5 Å². The third-order valence-electron chi connectivity index (χ3n) is 4.15. The van der Waals surface area contributed by atoms with Gasteiger partial charge in [-0.25, -0.2) is 17.8 Å². The molecule has 0 aliphatic carbocycles. The van der Waals surface area contributed by atoms with Crippen LogP contribution in [0, 0.1) is 5.82 Å². The highest BCUT2D eigenvalue weighted by Crippen LogP contribution is 2.18. The Hall–Kier alpha value is -2.49. The lowest BCUT2D eigenvalue weighted by Gasteiger charge is -2.12. The molecule has 2 aromatic heterocycles. The predicted octanol–water partition coefficient (Wildman–Crippen LogP) is 2.53. The van der Waals surface area contributed by atoms with Gasteiger partial charge >= 0.3 is 0 Å². The van der Waals surface area contributed by atoms with E-state index in [1.54, 1.807) is 30.2 Å². The lowest BCUT2D eigenvalue weighted by Crippen LogP contribution is -2.20. The molecule has 3 rings (SSSR count). The Labute approximate surface area is 163 Å². The van der Waals surface area contributed by atoms with Gasteiger partial charge < -0.3 is 19.0 Å². The van der Waals surface area contributed by atoms with Crippen LogP contribution in [0.4, 0.5) is 4.39 Å². The van der Waals surface area contributed by atoms with Gasteiger partial charge in [-0.3, -0.25) is 0 Å². The van der Waals surface area contributed by atoms with Gasteiger partial charge in [0.1, 0.15) is 11.6 Å². The van der Waals surface area contributed by atoms with Crippen molar-refractivity contribution in [1.29, 1.82) is 0 Å². The predicted molar refractivity (Wildman–Crippen MR) is 101 cm³/mol. The van der Waals surface area contributed by atoms with Crippen LogP contribution in [0.25, 0.3) is 0 Å². The van der Waals surface area contributed by atoms with Gasteiger partial charge in [-0.15, -0.1) is 0 Å². The molecule has 0 aliphatic heterocycles. The number of halogens is 1. The van der Waals surface area contributed by atoms with Crippen LogP contribution >= 0.6 is 0 Å². The van der Waals surface area contributed by atoms with E-state index < -0.39 is 15.7 Å². The van der Waals surface area contributed by atoms with Crippen LogP contribution in [-0.4, -0.2) is 31.7 Å². The molecule has 2 heterocycles. The van der Waals surface area contributed by atoms with E-state index >= 15 is 0 Å². The van der Waals surface area contributed by atoms with Gasteiger partial charge in [0.05, 0.1) is 37.1 Å². The van der Waals surface area contributed by atoms with Gasteiger partial charge in [0, 0.05) is 20.2 Å². The number of imidazole rings is 1. The molecule has 0 aliphatic rings. The molecule has 0 bridgehead atoms. The molecule has 0 amide bonds. The number of rotatable bonds is 10. The van der Waals surface area contributed by atoms with Crippen molar-refractivity contribution in [2.24, 2.45) is 0 Å². The normalized spacial score (nSPS) is 11.8. The topological polar surface area (TPSA) is 86.4 Å². The molecular formula is C19H22FN3O4S. The molecule has 1 N–H and O–H groups in total. The number of nitrogens with one attached hydrogen (secondary N) is 1. The van der Waals surface area contributed by atoms with Crippen LogP contribution in [0.2, 0.25) is 0 Å². The molecule has 1 aromatic carbocycles. The van der Waals surface area contributed by atoms with Crippen molar-refractivity contribution >= 4 is 9.84 Å². The Morgan fingerprint density at radius 3 is 2.68 bits per heavy atom. The summed E-state index contributed by atoms with van der Waals surface area (Å²) in [5.74, 6) is 0.121. The second kappa shape index (κ2) is 9.13. The van der Waals surface area contributed by atoms with Crippen molar-refractivity contribution in [1.82, 2.24) is 14.9 Å². The summed E-state index contributed by atoms with van der Waals surface area (Å²) in [5.41, 5.74) is 1.22. The summed E-state index contributed by atoms with van der Waals surface area (Å²) >= 11 is 0. The number of methoxy groups -OCH3 is 1. The number of hydrogen-bond acceptors (Lipinski definition) is 6. The number of sulfone groups is 1. The summed E-state index contributed by atoms with van der Waals surface area (Å²) in [7, 11) is -2.15. The summed E-state index contributed by atoms with van der Waals surface area (Å²) in [5, 5.41) is 3.19. The van der Waals surface area contributed by atoms with Gasteiger partial charge in [0.25, 0.3) is 0 Å². The number of benzene rings is 1. The monoisotopic (exact) mass is 407 g/mol. The fourth-order valence-corrected chi connectivity index (χ4v) is 4.31. The Balaban J connectivity index is 1.78. The van der Waals surface area contributed by atoms with Gasteiger partial charge in [-0.05, 0) is 29.8 Å². The minimum atomic E-state index is -3.71. The molecule has 0 atom stereocenters. The summed E-state index contributed by atoms with van der Waals surface area (Å²) < 4.78 is 50.9. The van der Waals surface area contributed by atoms with Crippen molar-refractivity contribution < 1.29 is 22.0 Å². The quantitative estimate of drug-likeness (QED) is 0.556.